The predicted octanol–water partition coefficient (Wildman–Crippen LogP) is 1.73. The van der Waals surface area contributed by atoms with E-state index in [4.69, 9.17) is 4.74 Å². The molecule has 0 spiro atoms. The van der Waals surface area contributed by atoms with Crippen molar-refractivity contribution in [1.82, 2.24) is 14.1 Å². The van der Waals surface area contributed by atoms with Crippen molar-refractivity contribution < 1.29 is 17.9 Å². The molecule has 0 unspecified atom stereocenters. The highest BCUT2D eigenvalue weighted by atomic mass is 32.2. The molecule has 2 aromatic rings. The van der Waals surface area contributed by atoms with Crippen LogP contribution in [-0.2, 0) is 16.6 Å². The van der Waals surface area contributed by atoms with E-state index in [9.17, 15) is 13.2 Å². The number of anilines is 1. The summed E-state index contributed by atoms with van der Waals surface area (Å²) < 4.78 is 30.4. The fourth-order valence-electron chi connectivity index (χ4n) is 4.50. The Labute approximate surface area is 196 Å². The number of hydrogen-bond donors (Lipinski definition) is 0. The number of ether oxygens (including phenoxy) is 1. The molecule has 8 nitrogen and oxygen atoms in total. The second-order valence-electron chi connectivity index (χ2n) is 8.59. The summed E-state index contributed by atoms with van der Waals surface area (Å²) in [6.45, 7) is 5.95. The Morgan fingerprint density at radius 3 is 2.27 bits per heavy atom. The van der Waals surface area contributed by atoms with E-state index >= 15 is 0 Å². The highest BCUT2D eigenvalue weighted by molar-refractivity contribution is 7.88. The van der Waals surface area contributed by atoms with Crippen LogP contribution in [0.5, 0.6) is 5.75 Å². The molecular weight excluding hydrogens is 440 g/mol. The first kappa shape index (κ1) is 23.5. The molecule has 0 atom stereocenters. The third-order valence-corrected chi connectivity index (χ3v) is 7.68. The molecule has 178 valence electrons. The lowest BCUT2D eigenvalue weighted by atomic mass is 10.1. The average molecular weight is 473 g/mol. The minimum absolute atomic E-state index is 0.0541. The molecule has 0 aliphatic carbocycles. The minimum Gasteiger partial charge on any atom is -0.495 e. The topological polar surface area (TPSA) is 73.4 Å². The lowest BCUT2D eigenvalue weighted by Gasteiger charge is -2.36. The van der Waals surface area contributed by atoms with Crippen LogP contribution >= 0.6 is 0 Å². The molecule has 1 amide bonds. The average Bonchev–Trinajstić information content (AvgIpc) is 2.83. The maximum Gasteiger partial charge on any atom is 0.253 e. The zero-order chi connectivity index (χ0) is 23.4. The Morgan fingerprint density at radius 2 is 1.61 bits per heavy atom. The first-order chi connectivity index (χ1) is 15.8. The molecule has 0 bridgehead atoms. The molecule has 2 aliphatic rings. The van der Waals surface area contributed by atoms with Crippen molar-refractivity contribution >= 4 is 21.6 Å². The van der Waals surface area contributed by atoms with Crippen LogP contribution in [0.2, 0.25) is 0 Å². The van der Waals surface area contributed by atoms with Gasteiger partial charge in [0.2, 0.25) is 10.0 Å². The number of sulfonamides is 1. The van der Waals surface area contributed by atoms with Crippen LogP contribution in [0.25, 0.3) is 0 Å². The van der Waals surface area contributed by atoms with E-state index in [1.54, 1.807) is 7.11 Å². The SMILES string of the molecule is COc1ccccc1N1CCN(C(=O)c2cccc(CN3CCN(S(C)(=O)=O)CC3)c2)CC1. The number of methoxy groups -OCH3 is 1. The molecule has 2 aromatic carbocycles. The first-order valence-electron chi connectivity index (χ1n) is 11.3. The van der Waals surface area contributed by atoms with Gasteiger partial charge in [0.1, 0.15) is 5.75 Å². The Hall–Kier alpha value is -2.62. The van der Waals surface area contributed by atoms with E-state index in [0.29, 0.717) is 51.4 Å². The van der Waals surface area contributed by atoms with Gasteiger partial charge in [-0.2, -0.15) is 4.31 Å². The lowest BCUT2D eigenvalue weighted by molar-refractivity contribution is 0.0746. The summed E-state index contributed by atoms with van der Waals surface area (Å²) in [5, 5.41) is 0. The first-order valence-corrected chi connectivity index (χ1v) is 13.1. The largest absolute Gasteiger partial charge is 0.495 e. The molecule has 9 heteroatoms. The quantitative estimate of drug-likeness (QED) is 0.638. The summed E-state index contributed by atoms with van der Waals surface area (Å²) in [6.07, 6.45) is 1.26. The van der Waals surface area contributed by atoms with E-state index in [1.165, 1.54) is 10.6 Å². The molecule has 2 heterocycles. The fourth-order valence-corrected chi connectivity index (χ4v) is 5.33. The summed E-state index contributed by atoms with van der Waals surface area (Å²) >= 11 is 0. The molecule has 0 radical (unpaired) electrons. The summed E-state index contributed by atoms with van der Waals surface area (Å²) in [6, 6.07) is 15.8. The number of para-hydroxylation sites is 2. The third kappa shape index (κ3) is 5.66. The molecule has 2 saturated heterocycles. The van der Waals surface area contributed by atoms with Crippen LogP contribution in [-0.4, -0.2) is 94.2 Å². The molecule has 0 saturated carbocycles. The number of amides is 1. The molecule has 33 heavy (non-hydrogen) atoms. The second kappa shape index (κ2) is 10.1. The van der Waals surface area contributed by atoms with Crippen molar-refractivity contribution in [2.24, 2.45) is 0 Å². The van der Waals surface area contributed by atoms with Gasteiger partial charge in [0, 0.05) is 64.5 Å². The summed E-state index contributed by atoms with van der Waals surface area (Å²) in [5.74, 6) is 0.903. The maximum atomic E-state index is 13.2. The van der Waals surface area contributed by atoms with E-state index in [1.807, 2.05) is 47.4 Å². The normalized spacial score (nSPS) is 18.4. The number of carbonyl (C=O) groups is 1. The van der Waals surface area contributed by atoms with E-state index in [-0.39, 0.29) is 5.91 Å². The van der Waals surface area contributed by atoms with Crippen molar-refractivity contribution in [2.75, 3.05) is 70.6 Å². The summed E-state index contributed by atoms with van der Waals surface area (Å²) in [4.78, 5) is 19.6. The van der Waals surface area contributed by atoms with Gasteiger partial charge in [-0.05, 0) is 29.8 Å². The fraction of sp³-hybridized carbons (Fsp3) is 0.458. The van der Waals surface area contributed by atoms with Crippen molar-refractivity contribution in [1.29, 1.82) is 0 Å². The smallest absolute Gasteiger partial charge is 0.253 e. The van der Waals surface area contributed by atoms with Crippen molar-refractivity contribution in [3.05, 3.63) is 59.7 Å². The highest BCUT2D eigenvalue weighted by Gasteiger charge is 2.25. The number of piperazine rings is 2. The van der Waals surface area contributed by atoms with Crippen LogP contribution < -0.4 is 9.64 Å². The number of rotatable bonds is 6. The van der Waals surface area contributed by atoms with Crippen LogP contribution in [0, 0.1) is 0 Å². The number of hydrogen-bond acceptors (Lipinski definition) is 6. The van der Waals surface area contributed by atoms with Crippen LogP contribution in [0.4, 0.5) is 5.69 Å². The molecule has 0 N–H and O–H groups in total. The van der Waals surface area contributed by atoms with Gasteiger partial charge in [0.25, 0.3) is 5.91 Å². The second-order valence-corrected chi connectivity index (χ2v) is 10.6. The Morgan fingerprint density at radius 1 is 0.909 bits per heavy atom. The van der Waals surface area contributed by atoms with E-state index in [2.05, 4.69) is 15.9 Å². The third-order valence-electron chi connectivity index (χ3n) is 6.37. The molecule has 2 aliphatic heterocycles. The zero-order valence-electron chi connectivity index (χ0n) is 19.3. The van der Waals surface area contributed by atoms with Crippen molar-refractivity contribution in [3.8, 4) is 5.75 Å². The predicted molar refractivity (Wildman–Crippen MR) is 129 cm³/mol. The van der Waals surface area contributed by atoms with Gasteiger partial charge in [-0.15, -0.1) is 0 Å². The Balaban J connectivity index is 1.34. The molecule has 0 aromatic heterocycles. The van der Waals surface area contributed by atoms with Gasteiger partial charge in [-0.1, -0.05) is 24.3 Å². The van der Waals surface area contributed by atoms with Crippen molar-refractivity contribution in [3.63, 3.8) is 0 Å². The Kier molecular flexibility index (Phi) is 7.21. The van der Waals surface area contributed by atoms with Crippen LogP contribution in [0.3, 0.4) is 0 Å². The zero-order valence-corrected chi connectivity index (χ0v) is 20.1. The van der Waals surface area contributed by atoms with Crippen LogP contribution in [0.15, 0.2) is 48.5 Å². The maximum absolute atomic E-state index is 13.2. The standard InChI is InChI=1S/C24H32N4O4S/c1-32-23-9-4-3-8-22(23)26-12-14-27(15-13-26)24(29)21-7-5-6-20(18-21)19-25-10-16-28(17-11-25)33(2,30)31/h3-9,18H,10-17,19H2,1-2H3. The van der Waals surface area contributed by atoms with Gasteiger partial charge in [-0.25, -0.2) is 8.42 Å². The van der Waals surface area contributed by atoms with E-state index in [0.717, 1.165) is 30.1 Å². The number of benzene rings is 2. The highest BCUT2D eigenvalue weighted by Crippen LogP contribution is 2.28. The Bertz CT molecular complexity index is 1080. The van der Waals surface area contributed by atoms with Crippen LogP contribution in [0.1, 0.15) is 15.9 Å². The van der Waals surface area contributed by atoms with E-state index < -0.39 is 10.0 Å². The van der Waals surface area contributed by atoms with Crippen molar-refractivity contribution in [2.45, 2.75) is 6.54 Å². The molecule has 4 rings (SSSR count). The summed E-state index contributed by atoms with van der Waals surface area (Å²) in [7, 11) is -1.45. The van der Waals surface area contributed by atoms with Gasteiger partial charge >= 0.3 is 0 Å². The summed E-state index contributed by atoms with van der Waals surface area (Å²) in [5.41, 5.74) is 2.83. The molecule has 2 fully saturated rings. The monoisotopic (exact) mass is 472 g/mol. The van der Waals surface area contributed by atoms with Gasteiger partial charge in [0.15, 0.2) is 0 Å². The van der Waals surface area contributed by atoms with Gasteiger partial charge in [0.05, 0.1) is 19.1 Å². The van der Waals surface area contributed by atoms with Gasteiger partial charge < -0.3 is 14.5 Å². The van der Waals surface area contributed by atoms with Gasteiger partial charge in [-0.3, -0.25) is 9.69 Å². The number of carbonyl (C=O) groups excluding carboxylic acids is 1. The molecular formula is C24H32N4O4S. The lowest BCUT2D eigenvalue weighted by Crippen LogP contribution is -2.49. The number of nitrogens with zero attached hydrogens (tertiary/aromatic N) is 4. The minimum atomic E-state index is -3.13.